The van der Waals surface area contributed by atoms with E-state index in [1.165, 1.54) is 11.0 Å². The summed E-state index contributed by atoms with van der Waals surface area (Å²) in [4.78, 5) is 21.3. The summed E-state index contributed by atoms with van der Waals surface area (Å²) in [6, 6.07) is 8.73. The third-order valence-electron chi connectivity index (χ3n) is 4.57. The van der Waals surface area contributed by atoms with Crippen LogP contribution < -0.4 is 9.64 Å². The van der Waals surface area contributed by atoms with Gasteiger partial charge in [-0.25, -0.2) is 13.8 Å². The summed E-state index contributed by atoms with van der Waals surface area (Å²) in [6.45, 7) is 4.43. The highest BCUT2D eigenvalue weighted by Crippen LogP contribution is 2.33. The van der Waals surface area contributed by atoms with Gasteiger partial charge in [-0.05, 0) is 71.2 Å². The third kappa shape index (κ3) is 5.70. The monoisotopic (exact) mass is 467 g/mol. The van der Waals surface area contributed by atoms with Crippen molar-refractivity contribution in [2.24, 2.45) is 0 Å². The molecule has 2 aromatic carbocycles. The van der Waals surface area contributed by atoms with Crippen LogP contribution in [0.1, 0.15) is 20.3 Å². The molecule has 0 saturated carbocycles. The van der Waals surface area contributed by atoms with Crippen LogP contribution in [-0.4, -0.2) is 48.6 Å². The van der Waals surface area contributed by atoms with E-state index in [2.05, 4.69) is 4.98 Å². The fourth-order valence-electron chi connectivity index (χ4n) is 3.06. The maximum absolute atomic E-state index is 14.2. The molecule has 0 aliphatic carbocycles. The second-order valence-corrected chi connectivity index (χ2v) is 9.36. The predicted octanol–water partition coefficient (Wildman–Crippen LogP) is 5.37. The van der Waals surface area contributed by atoms with E-state index in [-0.39, 0.29) is 11.4 Å². The van der Waals surface area contributed by atoms with Crippen molar-refractivity contribution in [1.29, 1.82) is 0 Å². The SMILES string of the molecule is CN(C)CCCN(C(=O)C(C)(C)Oc1ccc(Cl)cc1)c1nc2c(F)cc(F)cc2s1. The van der Waals surface area contributed by atoms with Gasteiger partial charge < -0.3 is 9.64 Å². The van der Waals surface area contributed by atoms with Crippen molar-refractivity contribution < 1.29 is 18.3 Å². The summed E-state index contributed by atoms with van der Waals surface area (Å²) in [5.74, 6) is -1.28. The first-order valence-electron chi connectivity index (χ1n) is 9.73. The highest BCUT2D eigenvalue weighted by Gasteiger charge is 2.36. The summed E-state index contributed by atoms with van der Waals surface area (Å²) in [5, 5.41) is 0.863. The fourth-order valence-corrected chi connectivity index (χ4v) is 4.21. The number of carbonyl (C=O) groups is 1. The first-order chi connectivity index (χ1) is 14.6. The Labute approximate surface area is 189 Å². The van der Waals surface area contributed by atoms with Crippen LogP contribution in [0.5, 0.6) is 5.75 Å². The summed E-state index contributed by atoms with van der Waals surface area (Å²) in [6.07, 6.45) is 0.669. The van der Waals surface area contributed by atoms with Crippen LogP contribution in [0.15, 0.2) is 36.4 Å². The van der Waals surface area contributed by atoms with Gasteiger partial charge in [0.25, 0.3) is 5.91 Å². The van der Waals surface area contributed by atoms with Crippen LogP contribution in [0.4, 0.5) is 13.9 Å². The predicted molar refractivity (Wildman–Crippen MR) is 121 cm³/mol. The zero-order valence-corrected chi connectivity index (χ0v) is 19.4. The maximum Gasteiger partial charge on any atom is 0.272 e. The molecule has 0 unspecified atom stereocenters. The first kappa shape index (κ1) is 23.4. The number of hydrogen-bond donors (Lipinski definition) is 0. The topological polar surface area (TPSA) is 45.7 Å². The summed E-state index contributed by atoms with van der Waals surface area (Å²) >= 11 is 6.99. The minimum absolute atomic E-state index is 0.0447. The molecular formula is C22H24ClF2N3O2S. The summed E-state index contributed by atoms with van der Waals surface area (Å²) in [5.41, 5.74) is -1.18. The third-order valence-corrected chi connectivity index (χ3v) is 5.84. The maximum atomic E-state index is 14.2. The lowest BCUT2D eigenvalue weighted by Crippen LogP contribution is -2.49. The fraction of sp³-hybridized carbons (Fsp3) is 0.364. The Balaban J connectivity index is 1.92. The number of carbonyl (C=O) groups excluding carboxylic acids is 1. The second kappa shape index (κ2) is 9.46. The lowest BCUT2D eigenvalue weighted by atomic mass is 10.1. The standard InChI is InChI=1S/C22H24ClF2N3O2S/c1-22(2,30-16-8-6-14(23)7-9-16)20(29)28(11-5-10-27(3)4)21-26-19-17(25)12-15(24)13-18(19)31-21/h6-9,12-13H,5,10-11H2,1-4H3. The number of rotatable bonds is 8. The molecule has 0 bridgehead atoms. The van der Waals surface area contributed by atoms with Gasteiger partial charge in [0.2, 0.25) is 0 Å². The number of aromatic nitrogens is 1. The molecule has 0 atom stereocenters. The molecular weight excluding hydrogens is 444 g/mol. The molecule has 0 radical (unpaired) electrons. The Kier molecular flexibility index (Phi) is 7.13. The average molecular weight is 468 g/mol. The van der Waals surface area contributed by atoms with Crippen LogP contribution in [-0.2, 0) is 4.79 Å². The van der Waals surface area contributed by atoms with Crippen LogP contribution in [0.25, 0.3) is 10.2 Å². The van der Waals surface area contributed by atoms with Crippen molar-refractivity contribution in [2.45, 2.75) is 25.9 Å². The van der Waals surface area contributed by atoms with Crippen LogP contribution in [0.2, 0.25) is 5.02 Å². The number of nitrogens with zero attached hydrogens (tertiary/aromatic N) is 3. The van der Waals surface area contributed by atoms with Gasteiger partial charge >= 0.3 is 0 Å². The highest BCUT2D eigenvalue weighted by molar-refractivity contribution is 7.22. The zero-order chi connectivity index (χ0) is 22.8. The number of ether oxygens (including phenoxy) is 1. The van der Waals surface area contributed by atoms with Crippen molar-refractivity contribution in [2.75, 3.05) is 32.1 Å². The molecule has 0 aliphatic heterocycles. The Morgan fingerprint density at radius 1 is 1.16 bits per heavy atom. The van der Waals surface area contributed by atoms with E-state index >= 15 is 0 Å². The van der Waals surface area contributed by atoms with E-state index in [4.69, 9.17) is 16.3 Å². The molecule has 31 heavy (non-hydrogen) atoms. The van der Waals surface area contributed by atoms with Crippen LogP contribution in [0.3, 0.4) is 0 Å². The molecule has 5 nitrogen and oxygen atoms in total. The van der Waals surface area contributed by atoms with Gasteiger partial charge in [0.15, 0.2) is 16.5 Å². The van der Waals surface area contributed by atoms with Gasteiger partial charge in [0, 0.05) is 17.6 Å². The number of amides is 1. The van der Waals surface area contributed by atoms with Crippen molar-refractivity contribution in [1.82, 2.24) is 9.88 Å². The summed E-state index contributed by atoms with van der Waals surface area (Å²) < 4.78 is 34.1. The number of benzene rings is 2. The van der Waals surface area contributed by atoms with Gasteiger partial charge in [-0.3, -0.25) is 9.69 Å². The molecule has 1 amide bonds. The van der Waals surface area contributed by atoms with Gasteiger partial charge in [-0.2, -0.15) is 0 Å². The molecule has 1 heterocycles. The van der Waals surface area contributed by atoms with Gasteiger partial charge in [-0.15, -0.1) is 0 Å². The van der Waals surface area contributed by atoms with Crippen molar-refractivity contribution in [3.63, 3.8) is 0 Å². The number of hydrogen-bond acceptors (Lipinski definition) is 5. The van der Waals surface area contributed by atoms with E-state index < -0.39 is 17.2 Å². The second-order valence-electron chi connectivity index (χ2n) is 7.91. The molecule has 0 N–H and O–H groups in total. The van der Waals surface area contributed by atoms with Crippen LogP contribution >= 0.6 is 22.9 Å². The smallest absolute Gasteiger partial charge is 0.272 e. The molecule has 0 fully saturated rings. The van der Waals surface area contributed by atoms with Crippen molar-refractivity contribution in [3.05, 3.63) is 53.1 Å². The van der Waals surface area contributed by atoms with Gasteiger partial charge in [0.1, 0.15) is 17.1 Å². The number of fused-ring (bicyclic) bond motifs is 1. The van der Waals surface area contributed by atoms with E-state index in [0.29, 0.717) is 33.6 Å². The normalized spacial score (nSPS) is 11.9. The van der Waals surface area contributed by atoms with E-state index in [1.54, 1.807) is 38.1 Å². The molecule has 3 aromatic rings. The Hall–Kier alpha value is -2.29. The van der Waals surface area contributed by atoms with E-state index in [9.17, 15) is 13.6 Å². The molecule has 166 valence electrons. The minimum Gasteiger partial charge on any atom is -0.478 e. The number of halogens is 3. The Bertz CT molecular complexity index is 1070. The average Bonchev–Trinajstić information content (AvgIpc) is 3.10. The lowest BCUT2D eigenvalue weighted by Gasteiger charge is -2.31. The summed E-state index contributed by atoms with van der Waals surface area (Å²) in [7, 11) is 3.88. The quantitative estimate of drug-likeness (QED) is 0.446. The first-order valence-corrected chi connectivity index (χ1v) is 10.9. The van der Waals surface area contributed by atoms with Crippen molar-refractivity contribution >= 4 is 44.2 Å². The van der Waals surface area contributed by atoms with E-state index in [0.717, 1.165) is 23.9 Å². The zero-order valence-electron chi connectivity index (χ0n) is 17.8. The van der Waals surface area contributed by atoms with Crippen molar-refractivity contribution in [3.8, 4) is 5.75 Å². The Morgan fingerprint density at radius 2 is 1.84 bits per heavy atom. The Morgan fingerprint density at radius 3 is 2.48 bits per heavy atom. The lowest BCUT2D eigenvalue weighted by molar-refractivity contribution is -0.131. The highest BCUT2D eigenvalue weighted by atomic mass is 35.5. The molecule has 9 heteroatoms. The van der Waals surface area contributed by atoms with E-state index in [1.807, 2.05) is 19.0 Å². The molecule has 0 spiro atoms. The molecule has 3 rings (SSSR count). The molecule has 1 aromatic heterocycles. The number of anilines is 1. The van der Waals surface area contributed by atoms with Gasteiger partial charge in [-0.1, -0.05) is 22.9 Å². The van der Waals surface area contributed by atoms with Crippen LogP contribution in [0, 0.1) is 11.6 Å². The largest absolute Gasteiger partial charge is 0.478 e. The number of thiazole rings is 1. The molecule has 0 saturated heterocycles. The molecule has 0 aliphatic rings. The van der Waals surface area contributed by atoms with Gasteiger partial charge in [0.05, 0.1) is 4.70 Å². The minimum atomic E-state index is -1.23.